The SMILES string of the molecule is Cc1nc2ccc(-n3cc(CCCCC(=O)N4CC5(CCOCC5)CC4CC(=O)O)nn3)cc2s1. The zero-order valence-electron chi connectivity index (χ0n) is 20.0. The maximum Gasteiger partial charge on any atom is 0.305 e. The molecule has 1 atom stereocenters. The Balaban J connectivity index is 1.14. The summed E-state index contributed by atoms with van der Waals surface area (Å²) in [5.41, 5.74) is 2.86. The molecule has 2 aromatic heterocycles. The van der Waals surface area contributed by atoms with Crippen molar-refractivity contribution < 1.29 is 19.4 Å². The molecule has 2 aliphatic rings. The van der Waals surface area contributed by atoms with E-state index in [-0.39, 0.29) is 23.8 Å². The Morgan fingerprint density at radius 1 is 1.26 bits per heavy atom. The average Bonchev–Trinajstić information content (AvgIpc) is 3.53. The number of benzene rings is 1. The standard InChI is InChI=1S/C25H31N5O4S/c1-17-26-21-7-6-19(12-22(21)35-17)30-15-18(27-28-30)4-2-3-5-23(31)29-16-25(8-10-34-11-9-25)14-20(29)13-24(32)33/h6-7,12,15,20H,2-5,8-11,13-14,16H2,1H3,(H,32,33). The number of aryl methyl sites for hydroxylation is 2. The van der Waals surface area contributed by atoms with Crippen molar-refractivity contribution in [3.05, 3.63) is 35.1 Å². The molecule has 186 valence electrons. The number of ether oxygens (including phenoxy) is 1. The van der Waals surface area contributed by atoms with E-state index in [9.17, 15) is 14.7 Å². The third kappa shape index (κ3) is 5.38. The lowest BCUT2D eigenvalue weighted by Crippen LogP contribution is -2.38. The monoisotopic (exact) mass is 497 g/mol. The van der Waals surface area contributed by atoms with Gasteiger partial charge in [-0.05, 0) is 69.1 Å². The summed E-state index contributed by atoms with van der Waals surface area (Å²) in [6.07, 6.45) is 7.27. The Morgan fingerprint density at radius 3 is 2.89 bits per heavy atom. The summed E-state index contributed by atoms with van der Waals surface area (Å²) in [6.45, 7) is 4.05. The number of carbonyl (C=O) groups is 2. The highest BCUT2D eigenvalue weighted by Gasteiger charge is 2.46. The number of unbranched alkanes of at least 4 members (excludes halogenated alkanes) is 1. The first kappa shape index (κ1) is 23.9. The topological polar surface area (TPSA) is 110 Å². The van der Waals surface area contributed by atoms with Gasteiger partial charge in [-0.25, -0.2) is 9.67 Å². The smallest absolute Gasteiger partial charge is 0.305 e. The zero-order chi connectivity index (χ0) is 24.4. The van der Waals surface area contributed by atoms with Crippen molar-refractivity contribution in [1.82, 2.24) is 24.9 Å². The number of aromatic nitrogens is 4. The Labute approximate surface area is 208 Å². The highest BCUT2D eigenvalue weighted by Crippen LogP contribution is 2.44. The molecule has 2 aliphatic heterocycles. The van der Waals surface area contributed by atoms with E-state index in [1.54, 1.807) is 16.0 Å². The van der Waals surface area contributed by atoms with Gasteiger partial charge in [-0.15, -0.1) is 16.4 Å². The molecule has 35 heavy (non-hydrogen) atoms. The first-order valence-electron chi connectivity index (χ1n) is 12.3. The number of rotatable bonds is 8. The molecule has 1 amide bonds. The average molecular weight is 498 g/mol. The maximum atomic E-state index is 13.0. The summed E-state index contributed by atoms with van der Waals surface area (Å²) in [5, 5.41) is 19.0. The van der Waals surface area contributed by atoms with E-state index in [0.717, 1.165) is 65.1 Å². The number of carbonyl (C=O) groups excluding carboxylic acids is 1. The lowest BCUT2D eigenvalue weighted by atomic mass is 9.78. The van der Waals surface area contributed by atoms with Gasteiger partial charge >= 0.3 is 5.97 Å². The van der Waals surface area contributed by atoms with Crippen LogP contribution in [0.3, 0.4) is 0 Å². The van der Waals surface area contributed by atoms with Crippen LogP contribution in [0.2, 0.25) is 0 Å². The van der Waals surface area contributed by atoms with Crippen LogP contribution in [0, 0.1) is 12.3 Å². The Hall–Kier alpha value is -2.85. The van der Waals surface area contributed by atoms with E-state index < -0.39 is 5.97 Å². The van der Waals surface area contributed by atoms with Gasteiger partial charge in [-0.3, -0.25) is 9.59 Å². The molecule has 0 bridgehead atoms. The highest BCUT2D eigenvalue weighted by atomic mass is 32.1. The van der Waals surface area contributed by atoms with Crippen molar-refractivity contribution in [3.63, 3.8) is 0 Å². The fourth-order valence-corrected chi connectivity index (χ4v) is 6.30. The van der Waals surface area contributed by atoms with E-state index in [2.05, 4.69) is 21.4 Å². The maximum absolute atomic E-state index is 13.0. The minimum absolute atomic E-state index is 0.0182. The van der Waals surface area contributed by atoms with Gasteiger partial charge in [0.05, 0.1) is 39.2 Å². The number of amides is 1. The molecule has 0 aliphatic carbocycles. The number of carboxylic acids is 1. The molecule has 3 aromatic rings. The molecule has 9 nitrogen and oxygen atoms in total. The van der Waals surface area contributed by atoms with E-state index in [4.69, 9.17) is 4.74 Å². The number of thiazole rings is 1. The van der Waals surface area contributed by atoms with Gasteiger partial charge in [0.25, 0.3) is 0 Å². The third-order valence-electron chi connectivity index (χ3n) is 7.26. The third-order valence-corrected chi connectivity index (χ3v) is 8.19. The summed E-state index contributed by atoms with van der Waals surface area (Å²) in [7, 11) is 0. The van der Waals surface area contributed by atoms with Gasteiger partial charge in [0, 0.05) is 32.2 Å². The summed E-state index contributed by atoms with van der Waals surface area (Å²) in [5.74, 6) is -0.777. The molecule has 2 fully saturated rings. The van der Waals surface area contributed by atoms with Crippen molar-refractivity contribution >= 4 is 33.4 Å². The second-order valence-corrected chi connectivity index (χ2v) is 11.1. The molecule has 0 saturated carbocycles. The zero-order valence-corrected chi connectivity index (χ0v) is 20.8. The molecular formula is C25H31N5O4S. The minimum Gasteiger partial charge on any atom is -0.481 e. The highest BCUT2D eigenvalue weighted by molar-refractivity contribution is 7.18. The van der Waals surface area contributed by atoms with Crippen LogP contribution in [0.1, 0.15) is 55.6 Å². The van der Waals surface area contributed by atoms with E-state index in [1.807, 2.05) is 30.2 Å². The minimum atomic E-state index is -0.843. The van der Waals surface area contributed by atoms with Crippen molar-refractivity contribution in [1.29, 1.82) is 0 Å². The Bertz CT molecular complexity index is 1220. The van der Waals surface area contributed by atoms with Gasteiger partial charge in [0.2, 0.25) is 5.91 Å². The second-order valence-electron chi connectivity index (χ2n) is 9.84. The summed E-state index contributed by atoms with van der Waals surface area (Å²) in [6, 6.07) is 5.86. The van der Waals surface area contributed by atoms with Gasteiger partial charge in [-0.2, -0.15) is 0 Å². The fraction of sp³-hybridized carbons (Fsp3) is 0.560. The van der Waals surface area contributed by atoms with E-state index in [1.165, 1.54) is 0 Å². The Kier molecular flexibility index (Phi) is 6.84. The molecule has 1 N–H and O–H groups in total. The molecule has 1 aromatic carbocycles. The van der Waals surface area contributed by atoms with Gasteiger partial charge in [-0.1, -0.05) is 5.21 Å². The van der Waals surface area contributed by atoms with E-state index >= 15 is 0 Å². The van der Waals surface area contributed by atoms with E-state index in [0.29, 0.717) is 26.2 Å². The van der Waals surface area contributed by atoms with Crippen LogP contribution < -0.4 is 0 Å². The lowest BCUT2D eigenvalue weighted by Gasteiger charge is -2.33. The van der Waals surface area contributed by atoms with Crippen LogP contribution in [0.4, 0.5) is 0 Å². The first-order chi connectivity index (χ1) is 16.9. The molecule has 4 heterocycles. The number of fused-ring (bicyclic) bond motifs is 1. The van der Waals surface area contributed by atoms with Crippen LogP contribution >= 0.6 is 11.3 Å². The molecule has 2 saturated heterocycles. The fourth-order valence-electron chi connectivity index (χ4n) is 5.44. The van der Waals surface area contributed by atoms with Crippen LogP contribution in [-0.4, -0.2) is 67.7 Å². The number of aliphatic carboxylic acids is 1. The number of hydrogen-bond donors (Lipinski definition) is 1. The van der Waals surface area contributed by atoms with Gasteiger partial charge < -0.3 is 14.7 Å². The van der Waals surface area contributed by atoms with Crippen molar-refractivity contribution in [2.45, 2.75) is 64.3 Å². The normalized spacial score (nSPS) is 19.6. The van der Waals surface area contributed by atoms with Gasteiger partial charge in [0.15, 0.2) is 0 Å². The Morgan fingerprint density at radius 2 is 2.09 bits per heavy atom. The molecule has 10 heteroatoms. The van der Waals surface area contributed by atoms with Crippen LogP contribution in [-0.2, 0) is 20.7 Å². The van der Waals surface area contributed by atoms with Crippen molar-refractivity contribution in [2.24, 2.45) is 5.41 Å². The predicted molar refractivity (Wildman–Crippen MR) is 132 cm³/mol. The van der Waals surface area contributed by atoms with Gasteiger partial charge in [0.1, 0.15) is 0 Å². The molecular weight excluding hydrogens is 466 g/mol. The summed E-state index contributed by atoms with van der Waals surface area (Å²) in [4.78, 5) is 30.8. The number of carboxylic acid groups (broad SMARTS) is 1. The second kappa shape index (κ2) is 10.0. The lowest BCUT2D eigenvalue weighted by molar-refractivity contribution is -0.140. The van der Waals surface area contributed by atoms with Crippen molar-refractivity contribution in [3.8, 4) is 5.69 Å². The molecule has 5 rings (SSSR count). The molecule has 1 unspecified atom stereocenters. The quantitative estimate of drug-likeness (QED) is 0.472. The molecule has 1 spiro atoms. The largest absolute Gasteiger partial charge is 0.481 e. The van der Waals surface area contributed by atoms with Crippen LogP contribution in [0.25, 0.3) is 15.9 Å². The number of likely N-dealkylation sites (tertiary alicyclic amines) is 1. The number of hydrogen-bond acceptors (Lipinski definition) is 7. The molecule has 0 radical (unpaired) electrons. The van der Waals surface area contributed by atoms with Crippen molar-refractivity contribution in [2.75, 3.05) is 19.8 Å². The van der Waals surface area contributed by atoms with Crippen LogP contribution in [0.5, 0.6) is 0 Å². The summed E-state index contributed by atoms with van der Waals surface area (Å²) < 4.78 is 8.41. The number of nitrogens with zero attached hydrogens (tertiary/aromatic N) is 5. The summed E-state index contributed by atoms with van der Waals surface area (Å²) >= 11 is 1.66. The first-order valence-corrected chi connectivity index (χ1v) is 13.1. The van der Waals surface area contributed by atoms with Crippen LogP contribution in [0.15, 0.2) is 24.4 Å². The predicted octanol–water partition coefficient (Wildman–Crippen LogP) is 3.77.